The van der Waals surface area contributed by atoms with Crippen molar-refractivity contribution in [1.29, 1.82) is 0 Å². The monoisotopic (exact) mass is 254 g/mol. The zero-order valence-corrected chi connectivity index (χ0v) is 12.5. The summed E-state index contributed by atoms with van der Waals surface area (Å²) in [5, 5.41) is 0. The molecule has 0 rings (SSSR count). The number of nitrogens with zero attached hydrogens (tertiary/aromatic N) is 1. The molecule has 0 fully saturated rings. The van der Waals surface area contributed by atoms with Gasteiger partial charge in [-0.3, -0.25) is 9.59 Å². The summed E-state index contributed by atoms with van der Waals surface area (Å²) >= 11 is 0. The minimum absolute atomic E-state index is 0.0602. The lowest BCUT2D eigenvalue weighted by molar-refractivity contribution is -0.126. The third kappa shape index (κ3) is 7.65. The van der Waals surface area contributed by atoms with Gasteiger partial charge in [-0.25, -0.2) is 0 Å². The standard InChI is InChI=1S/C8H15NO.C6H11NO/c1-5-9(6-2)8(10)7(3)4;1-4(2)5(3)6(7)8/h3,5-6H2,1-2,4H3;1-3H3,(H2,7,8). The number of carbonyl (C=O) groups excluding carboxylic acids is 2. The van der Waals surface area contributed by atoms with E-state index in [0.29, 0.717) is 11.1 Å². The molecule has 0 atom stereocenters. The van der Waals surface area contributed by atoms with Gasteiger partial charge in [0.15, 0.2) is 0 Å². The second kappa shape index (κ2) is 9.45. The molecular weight excluding hydrogens is 228 g/mol. The van der Waals surface area contributed by atoms with E-state index in [9.17, 15) is 9.59 Å². The van der Waals surface area contributed by atoms with Crippen LogP contribution in [0.25, 0.3) is 0 Å². The highest BCUT2D eigenvalue weighted by atomic mass is 16.2. The number of likely N-dealkylation sites (N-methyl/N-ethyl adjacent to an activating group) is 1. The average molecular weight is 254 g/mol. The minimum Gasteiger partial charge on any atom is -0.366 e. The quantitative estimate of drug-likeness (QED) is 0.782. The van der Waals surface area contributed by atoms with Crippen LogP contribution in [0.1, 0.15) is 41.5 Å². The Hall–Kier alpha value is -1.58. The van der Waals surface area contributed by atoms with Gasteiger partial charge >= 0.3 is 0 Å². The summed E-state index contributed by atoms with van der Waals surface area (Å²) in [5.74, 6) is -0.269. The fraction of sp³-hybridized carbons (Fsp3) is 0.571. The Labute approximate surface area is 111 Å². The highest BCUT2D eigenvalue weighted by molar-refractivity contribution is 5.92. The molecule has 104 valence electrons. The van der Waals surface area contributed by atoms with E-state index in [2.05, 4.69) is 6.58 Å². The number of amides is 2. The van der Waals surface area contributed by atoms with E-state index >= 15 is 0 Å². The SMILES string of the molecule is C=C(C)C(=O)N(CC)CC.CC(C)=C(C)C(N)=O. The number of primary amides is 1. The summed E-state index contributed by atoms with van der Waals surface area (Å²) in [6.07, 6.45) is 0. The molecule has 0 aromatic heterocycles. The van der Waals surface area contributed by atoms with Gasteiger partial charge in [0.2, 0.25) is 11.8 Å². The highest BCUT2D eigenvalue weighted by Gasteiger charge is 2.08. The molecule has 2 N–H and O–H groups in total. The molecule has 0 spiro atoms. The van der Waals surface area contributed by atoms with Crippen LogP contribution in [0.3, 0.4) is 0 Å². The van der Waals surface area contributed by atoms with Crippen molar-refractivity contribution >= 4 is 11.8 Å². The normalized spacial score (nSPS) is 8.78. The van der Waals surface area contributed by atoms with Crippen LogP contribution in [0.4, 0.5) is 0 Å². The van der Waals surface area contributed by atoms with E-state index in [4.69, 9.17) is 5.73 Å². The topological polar surface area (TPSA) is 63.4 Å². The smallest absolute Gasteiger partial charge is 0.248 e. The van der Waals surface area contributed by atoms with E-state index in [1.807, 2.05) is 27.7 Å². The van der Waals surface area contributed by atoms with Gasteiger partial charge in [-0.15, -0.1) is 0 Å². The lowest BCUT2D eigenvalue weighted by Crippen LogP contribution is -2.30. The summed E-state index contributed by atoms with van der Waals surface area (Å²) in [6, 6.07) is 0. The van der Waals surface area contributed by atoms with Crippen LogP contribution in [0.2, 0.25) is 0 Å². The van der Waals surface area contributed by atoms with Crippen molar-refractivity contribution in [3.63, 3.8) is 0 Å². The number of rotatable bonds is 4. The Morgan fingerprint density at radius 1 is 1.06 bits per heavy atom. The predicted octanol–water partition coefficient (Wildman–Crippen LogP) is 2.26. The van der Waals surface area contributed by atoms with Crippen molar-refractivity contribution in [3.8, 4) is 0 Å². The average Bonchev–Trinajstić information content (AvgIpc) is 2.29. The van der Waals surface area contributed by atoms with Gasteiger partial charge in [0, 0.05) is 24.2 Å². The molecular formula is C14H26N2O2. The Kier molecular flexibility index (Phi) is 9.86. The molecule has 0 aliphatic heterocycles. The maximum atomic E-state index is 11.1. The van der Waals surface area contributed by atoms with Gasteiger partial charge in [-0.1, -0.05) is 12.2 Å². The van der Waals surface area contributed by atoms with Gasteiger partial charge in [0.05, 0.1) is 0 Å². The lowest BCUT2D eigenvalue weighted by atomic mass is 10.2. The molecule has 0 aliphatic rings. The van der Waals surface area contributed by atoms with Crippen LogP contribution in [-0.2, 0) is 9.59 Å². The number of nitrogens with two attached hydrogens (primary N) is 1. The summed E-state index contributed by atoms with van der Waals surface area (Å²) in [4.78, 5) is 23.2. The molecule has 0 aliphatic carbocycles. The molecule has 0 aromatic carbocycles. The van der Waals surface area contributed by atoms with E-state index in [-0.39, 0.29) is 11.8 Å². The van der Waals surface area contributed by atoms with E-state index in [0.717, 1.165) is 18.7 Å². The molecule has 4 nitrogen and oxygen atoms in total. The maximum Gasteiger partial charge on any atom is 0.248 e. The number of carbonyl (C=O) groups is 2. The lowest BCUT2D eigenvalue weighted by Gasteiger charge is -2.17. The molecule has 4 heteroatoms. The highest BCUT2D eigenvalue weighted by Crippen LogP contribution is 1.98. The fourth-order valence-corrected chi connectivity index (χ4v) is 1.03. The third-order valence-electron chi connectivity index (χ3n) is 2.54. The van der Waals surface area contributed by atoms with Gasteiger partial charge < -0.3 is 10.6 Å². The molecule has 2 amide bonds. The first-order chi connectivity index (χ1) is 8.18. The van der Waals surface area contributed by atoms with Crippen LogP contribution in [0.5, 0.6) is 0 Å². The second-order valence-corrected chi connectivity index (χ2v) is 4.25. The maximum absolute atomic E-state index is 11.1. The Balaban J connectivity index is 0. The van der Waals surface area contributed by atoms with Crippen molar-refractivity contribution < 1.29 is 9.59 Å². The van der Waals surface area contributed by atoms with Crippen LogP contribution in [0, 0.1) is 0 Å². The van der Waals surface area contributed by atoms with E-state index < -0.39 is 0 Å². The summed E-state index contributed by atoms with van der Waals surface area (Å²) in [5.41, 5.74) is 7.20. The first-order valence-electron chi connectivity index (χ1n) is 6.07. The largest absolute Gasteiger partial charge is 0.366 e. The third-order valence-corrected chi connectivity index (χ3v) is 2.54. The molecule has 0 heterocycles. The van der Waals surface area contributed by atoms with E-state index in [1.54, 1.807) is 18.7 Å². The number of hydrogen-bond donors (Lipinski definition) is 1. The summed E-state index contributed by atoms with van der Waals surface area (Å²) in [7, 11) is 0. The van der Waals surface area contributed by atoms with Crippen LogP contribution >= 0.6 is 0 Å². The van der Waals surface area contributed by atoms with Crippen molar-refractivity contribution in [2.75, 3.05) is 13.1 Å². The molecule has 0 radical (unpaired) electrons. The first-order valence-corrected chi connectivity index (χ1v) is 6.07. The van der Waals surface area contributed by atoms with Crippen LogP contribution < -0.4 is 5.73 Å². The molecule has 18 heavy (non-hydrogen) atoms. The summed E-state index contributed by atoms with van der Waals surface area (Å²) < 4.78 is 0. The molecule has 0 unspecified atom stereocenters. The Morgan fingerprint density at radius 3 is 1.50 bits per heavy atom. The van der Waals surface area contributed by atoms with Crippen molar-refractivity contribution in [2.24, 2.45) is 5.73 Å². The fourth-order valence-electron chi connectivity index (χ4n) is 1.03. The van der Waals surface area contributed by atoms with Gasteiger partial charge in [-0.05, 0) is 41.5 Å². The van der Waals surface area contributed by atoms with Crippen molar-refractivity contribution in [1.82, 2.24) is 4.90 Å². The number of hydrogen-bond acceptors (Lipinski definition) is 2. The second-order valence-electron chi connectivity index (χ2n) is 4.25. The van der Waals surface area contributed by atoms with Gasteiger partial charge in [0.25, 0.3) is 0 Å². The zero-order chi connectivity index (χ0) is 14.9. The van der Waals surface area contributed by atoms with Crippen molar-refractivity contribution in [2.45, 2.75) is 41.5 Å². The predicted molar refractivity (Wildman–Crippen MR) is 76.0 cm³/mol. The van der Waals surface area contributed by atoms with Crippen LogP contribution in [-0.4, -0.2) is 29.8 Å². The zero-order valence-electron chi connectivity index (χ0n) is 12.5. The van der Waals surface area contributed by atoms with Crippen molar-refractivity contribution in [3.05, 3.63) is 23.3 Å². The van der Waals surface area contributed by atoms with Gasteiger partial charge in [-0.2, -0.15) is 0 Å². The first kappa shape index (κ1) is 18.8. The Morgan fingerprint density at radius 2 is 1.44 bits per heavy atom. The van der Waals surface area contributed by atoms with E-state index in [1.165, 1.54) is 0 Å². The van der Waals surface area contributed by atoms with Crippen LogP contribution in [0.15, 0.2) is 23.3 Å². The van der Waals surface area contributed by atoms with Gasteiger partial charge in [0.1, 0.15) is 0 Å². The minimum atomic E-state index is -0.329. The molecule has 0 bridgehead atoms. The number of allylic oxidation sites excluding steroid dienone is 1. The molecule has 0 saturated heterocycles. The Bertz CT molecular complexity index is 336. The molecule has 0 saturated carbocycles. The molecule has 0 aromatic rings. The summed E-state index contributed by atoms with van der Waals surface area (Å²) in [6.45, 7) is 16.2.